The van der Waals surface area contributed by atoms with Crippen molar-refractivity contribution < 1.29 is 4.74 Å². The highest BCUT2D eigenvalue weighted by Crippen LogP contribution is 2.48. The van der Waals surface area contributed by atoms with Crippen LogP contribution in [-0.2, 0) is 4.74 Å². The minimum absolute atomic E-state index is 0.513. The molecule has 2 heteroatoms. The van der Waals surface area contributed by atoms with E-state index in [0.717, 1.165) is 11.8 Å². The first kappa shape index (κ1) is 7.11. The molecule has 0 aliphatic heterocycles. The molecule has 2 fully saturated rings. The quantitative estimate of drug-likeness (QED) is 0.596. The molecule has 2 bridgehead atoms. The molecule has 2 saturated carbocycles. The lowest BCUT2D eigenvalue weighted by atomic mass is 9.98. The summed E-state index contributed by atoms with van der Waals surface area (Å²) < 4.78 is 5.41. The van der Waals surface area contributed by atoms with Gasteiger partial charge in [-0.25, -0.2) is 0 Å². The maximum atomic E-state index is 5.41. The first-order valence-corrected chi connectivity index (χ1v) is 4.91. The lowest BCUT2D eigenvalue weighted by Gasteiger charge is -2.25. The molecule has 0 heterocycles. The Labute approximate surface area is 70.3 Å². The second-order valence-corrected chi connectivity index (χ2v) is 4.54. The van der Waals surface area contributed by atoms with E-state index < -0.39 is 0 Å². The zero-order chi connectivity index (χ0) is 7.14. The molecule has 0 spiro atoms. The van der Waals surface area contributed by atoms with E-state index in [4.69, 9.17) is 4.74 Å². The lowest BCUT2D eigenvalue weighted by Crippen LogP contribution is -2.29. The van der Waals surface area contributed by atoms with E-state index in [9.17, 15) is 0 Å². The van der Waals surface area contributed by atoms with E-state index in [1.54, 1.807) is 0 Å². The zero-order valence-electron chi connectivity index (χ0n) is 6.22. The second-order valence-electron chi connectivity index (χ2n) is 3.48. The van der Waals surface area contributed by atoms with E-state index in [0.29, 0.717) is 10.9 Å². The molecule has 0 N–H and O–H groups in total. The molecular weight excluding hydrogens is 192 g/mol. The van der Waals surface area contributed by atoms with Gasteiger partial charge in [0.05, 0.1) is 6.10 Å². The average molecular weight is 205 g/mol. The van der Waals surface area contributed by atoms with Gasteiger partial charge in [-0.05, 0) is 31.1 Å². The SMILES string of the molecule is CO[C@@H]1[C@H]2CC[C@H](C2)[C@H]1Br. The van der Waals surface area contributed by atoms with Gasteiger partial charge in [0.25, 0.3) is 0 Å². The Morgan fingerprint density at radius 2 is 2.00 bits per heavy atom. The molecule has 0 amide bonds. The summed E-state index contributed by atoms with van der Waals surface area (Å²) in [6.45, 7) is 0. The number of halogens is 1. The van der Waals surface area contributed by atoms with Crippen LogP contribution in [0.3, 0.4) is 0 Å². The third kappa shape index (κ3) is 0.850. The van der Waals surface area contributed by atoms with Gasteiger partial charge in [0.15, 0.2) is 0 Å². The van der Waals surface area contributed by atoms with Gasteiger partial charge in [-0.15, -0.1) is 0 Å². The van der Waals surface area contributed by atoms with Gasteiger partial charge in [0, 0.05) is 11.9 Å². The van der Waals surface area contributed by atoms with Crippen LogP contribution in [0.4, 0.5) is 0 Å². The lowest BCUT2D eigenvalue weighted by molar-refractivity contribution is 0.0634. The summed E-state index contributed by atoms with van der Waals surface area (Å²) in [6, 6.07) is 0. The van der Waals surface area contributed by atoms with E-state index >= 15 is 0 Å². The van der Waals surface area contributed by atoms with Gasteiger partial charge in [-0.2, -0.15) is 0 Å². The molecule has 0 unspecified atom stereocenters. The molecule has 2 aliphatic carbocycles. The maximum Gasteiger partial charge on any atom is 0.0727 e. The number of alkyl halides is 1. The smallest absolute Gasteiger partial charge is 0.0727 e. The molecule has 0 aromatic carbocycles. The summed E-state index contributed by atoms with van der Waals surface area (Å²) in [5.41, 5.74) is 0. The van der Waals surface area contributed by atoms with Crippen LogP contribution in [0.25, 0.3) is 0 Å². The Morgan fingerprint density at radius 3 is 2.40 bits per heavy atom. The van der Waals surface area contributed by atoms with Gasteiger partial charge in [-0.3, -0.25) is 0 Å². The fraction of sp³-hybridized carbons (Fsp3) is 1.00. The summed E-state index contributed by atoms with van der Waals surface area (Å²) >= 11 is 3.70. The zero-order valence-corrected chi connectivity index (χ0v) is 7.80. The van der Waals surface area contributed by atoms with Crippen molar-refractivity contribution in [3.63, 3.8) is 0 Å². The van der Waals surface area contributed by atoms with E-state index in [2.05, 4.69) is 15.9 Å². The third-order valence-corrected chi connectivity index (χ3v) is 4.28. The third-order valence-electron chi connectivity index (χ3n) is 3.01. The van der Waals surface area contributed by atoms with Gasteiger partial charge in [0.1, 0.15) is 0 Å². The van der Waals surface area contributed by atoms with Crippen molar-refractivity contribution in [1.82, 2.24) is 0 Å². The molecule has 58 valence electrons. The largest absolute Gasteiger partial charge is 0.380 e. The second kappa shape index (κ2) is 2.49. The number of hydrogen-bond donors (Lipinski definition) is 0. The van der Waals surface area contributed by atoms with E-state index in [1.165, 1.54) is 19.3 Å². The predicted octanol–water partition coefficient (Wildman–Crippen LogP) is 2.19. The van der Waals surface area contributed by atoms with Crippen LogP contribution in [0.5, 0.6) is 0 Å². The number of fused-ring (bicyclic) bond motifs is 2. The van der Waals surface area contributed by atoms with Crippen molar-refractivity contribution in [2.45, 2.75) is 30.2 Å². The van der Waals surface area contributed by atoms with Gasteiger partial charge in [-0.1, -0.05) is 15.9 Å². The van der Waals surface area contributed by atoms with Crippen molar-refractivity contribution >= 4 is 15.9 Å². The molecule has 2 rings (SSSR count). The molecule has 0 aromatic rings. The minimum Gasteiger partial charge on any atom is -0.380 e. The fourth-order valence-electron chi connectivity index (χ4n) is 2.49. The van der Waals surface area contributed by atoms with Crippen molar-refractivity contribution in [1.29, 1.82) is 0 Å². The Hall–Kier alpha value is 0.440. The van der Waals surface area contributed by atoms with Crippen LogP contribution in [-0.4, -0.2) is 18.0 Å². The predicted molar refractivity (Wildman–Crippen MR) is 44.3 cm³/mol. The van der Waals surface area contributed by atoms with Crippen LogP contribution < -0.4 is 0 Å². The summed E-state index contributed by atoms with van der Waals surface area (Å²) in [4.78, 5) is 0.649. The Balaban J connectivity index is 2.10. The summed E-state index contributed by atoms with van der Waals surface area (Å²) in [5, 5.41) is 0. The molecular formula is C8H13BrO. The Bertz CT molecular complexity index is 135. The van der Waals surface area contributed by atoms with Crippen molar-refractivity contribution in [2.75, 3.05) is 7.11 Å². The Morgan fingerprint density at radius 1 is 1.30 bits per heavy atom. The van der Waals surface area contributed by atoms with Crippen LogP contribution >= 0.6 is 15.9 Å². The van der Waals surface area contributed by atoms with Crippen molar-refractivity contribution in [3.8, 4) is 0 Å². The standard InChI is InChI=1S/C8H13BrO/c1-10-8-6-3-2-5(4-6)7(8)9/h5-8H,2-4H2,1H3/t5-,6+,7-,8-/m1/s1. The van der Waals surface area contributed by atoms with Gasteiger partial charge in [0.2, 0.25) is 0 Å². The first-order valence-electron chi connectivity index (χ1n) is 4.00. The number of hydrogen-bond acceptors (Lipinski definition) is 1. The minimum atomic E-state index is 0.513. The summed E-state index contributed by atoms with van der Waals surface area (Å²) in [5.74, 6) is 1.77. The molecule has 1 nitrogen and oxygen atoms in total. The average Bonchev–Trinajstić information content (AvgIpc) is 2.46. The van der Waals surface area contributed by atoms with Gasteiger partial charge >= 0.3 is 0 Å². The monoisotopic (exact) mass is 204 g/mol. The molecule has 10 heavy (non-hydrogen) atoms. The van der Waals surface area contributed by atoms with Crippen LogP contribution in [0, 0.1) is 11.8 Å². The Kier molecular flexibility index (Phi) is 1.77. The normalized spacial score (nSPS) is 52.2. The van der Waals surface area contributed by atoms with E-state index in [-0.39, 0.29) is 0 Å². The molecule has 0 aromatic heterocycles. The summed E-state index contributed by atoms with van der Waals surface area (Å²) in [7, 11) is 1.83. The van der Waals surface area contributed by atoms with Crippen LogP contribution in [0.2, 0.25) is 0 Å². The number of methoxy groups -OCH3 is 1. The first-order chi connectivity index (χ1) is 4.83. The topological polar surface area (TPSA) is 9.23 Å². The van der Waals surface area contributed by atoms with Crippen molar-refractivity contribution in [2.24, 2.45) is 11.8 Å². The fourth-order valence-corrected chi connectivity index (χ4v) is 3.62. The molecule has 0 saturated heterocycles. The molecule has 2 aliphatic rings. The number of rotatable bonds is 1. The highest BCUT2D eigenvalue weighted by atomic mass is 79.9. The van der Waals surface area contributed by atoms with E-state index in [1.807, 2.05) is 7.11 Å². The highest BCUT2D eigenvalue weighted by molar-refractivity contribution is 9.09. The molecule has 0 radical (unpaired) electrons. The molecule has 4 atom stereocenters. The highest BCUT2D eigenvalue weighted by Gasteiger charge is 2.46. The maximum absolute atomic E-state index is 5.41. The van der Waals surface area contributed by atoms with Gasteiger partial charge < -0.3 is 4.74 Å². The van der Waals surface area contributed by atoms with Crippen LogP contribution in [0.15, 0.2) is 0 Å². The van der Waals surface area contributed by atoms with Crippen LogP contribution in [0.1, 0.15) is 19.3 Å². The summed E-state index contributed by atoms with van der Waals surface area (Å²) in [6.07, 6.45) is 4.72. The van der Waals surface area contributed by atoms with Crippen molar-refractivity contribution in [3.05, 3.63) is 0 Å². The number of ether oxygens (including phenoxy) is 1.